The van der Waals surface area contributed by atoms with Gasteiger partial charge >= 0.3 is 6.03 Å². The van der Waals surface area contributed by atoms with Gasteiger partial charge in [0.25, 0.3) is 0 Å². The number of amides is 3. The maximum Gasteiger partial charge on any atom is 0.318 e. The zero-order valence-corrected chi connectivity index (χ0v) is 11.3. The zero-order valence-electron chi connectivity index (χ0n) is 11.3. The lowest BCUT2D eigenvalue weighted by atomic mass is 10.2. The van der Waals surface area contributed by atoms with Crippen LogP contribution in [-0.4, -0.2) is 29.9 Å². The van der Waals surface area contributed by atoms with Crippen LogP contribution < -0.4 is 11.1 Å². The Morgan fingerprint density at radius 3 is 2.53 bits per heavy atom. The largest absolute Gasteiger partial charge is 0.368 e. The highest BCUT2D eigenvalue weighted by Crippen LogP contribution is 2.00. The van der Waals surface area contributed by atoms with Crippen molar-refractivity contribution in [3.8, 4) is 0 Å². The predicted octanol–water partition coefficient (Wildman–Crippen LogP) is 1.48. The van der Waals surface area contributed by atoms with Crippen molar-refractivity contribution in [1.82, 2.24) is 10.2 Å². The molecular formula is C14H21N3O2. The second-order valence-electron chi connectivity index (χ2n) is 4.39. The van der Waals surface area contributed by atoms with Crippen molar-refractivity contribution in [3.05, 3.63) is 35.9 Å². The van der Waals surface area contributed by atoms with E-state index in [0.29, 0.717) is 13.1 Å². The summed E-state index contributed by atoms with van der Waals surface area (Å²) in [5, 5.41) is 2.79. The van der Waals surface area contributed by atoms with Gasteiger partial charge in [-0.15, -0.1) is 0 Å². The van der Waals surface area contributed by atoms with Gasteiger partial charge in [-0.3, -0.25) is 4.79 Å². The number of nitrogens with zero attached hydrogens (tertiary/aromatic N) is 1. The van der Waals surface area contributed by atoms with Crippen LogP contribution in [0.15, 0.2) is 30.3 Å². The molecule has 0 aliphatic heterocycles. The van der Waals surface area contributed by atoms with Crippen LogP contribution in [0.4, 0.5) is 4.79 Å². The molecule has 0 saturated heterocycles. The highest BCUT2D eigenvalue weighted by Gasteiger charge is 2.14. The van der Waals surface area contributed by atoms with Crippen LogP contribution in [0, 0.1) is 0 Å². The molecule has 0 saturated carbocycles. The van der Waals surface area contributed by atoms with Gasteiger partial charge in [-0.1, -0.05) is 43.7 Å². The summed E-state index contributed by atoms with van der Waals surface area (Å²) in [7, 11) is 0. The normalized spacial score (nSPS) is 9.95. The molecule has 19 heavy (non-hydrogen) atoms. The third-order valence-electron chi connectivity index (χ3n) is 2.70. The van der Waals surface area contributed by atoms with Crippen LogP contribution in [0.1, 0.15) is 25.3 Å². The Hall–Kier alpha value is -2.04. The number of benzene rings is 1. The van der Waals surface area contributed by atoms with E-state index in [4.69, 9.17) is 5.73 Å². The van der Waals surface area contributed by atoms with Gasteiger partial charge in [0.15, 0.2) is 0 Å². The van der Waals surface area contributed by atoms with Crippen LogP contribution >= 0.6 is 0 Å². The molecule has 3 N–H and O–H groups in total. The third-order valence-corrected chi connectivity index (χ3v) is 2.70. The van der Waals surface area contributed by atoms with Crippen LogP contribution in [-0.2, 0) is 11.3 Å². The standard InChI is InChI=1S/C14H21N3O2/c1-2-3-9-17(11-13(15)18)14(19)16-10-12-7-5-4-6-8-12/h4-8H,2-3,9-11H2,1H3,(H2,15,18)(H,16,19). The molecule has 1 aromatic carbocycles. The van der Waals surface area contributed by atoms with E-state index in [-0.39, 0.29) is 12.6 Å². The Balaban J connectivity index is 2.48. The Labute approximate surface area is 113 Å². The van der Waals surface area contributed by atoms with Crippen molar-refractivity contribution in [2.24, 2.45) is 5.73 Å². The molecule has 0 atom stereocenters. The lowest BCUT2D eigenvalue weighted by Crippen LogP contribution is -2.44. The van der Waals surface area contributed by atoms with Crippen molar-refractivity contribution in [2.75, 3.05) is 13.1 Å². The minimum Gasteiger partial charge on any atom is -0.368 e. The molecule has 5 heteroatoms. The summed E-state index contributed by atoms with van der Waals surface area (Å²) >= 11 is 0. The van der Waals surface area contributed by atoms with Gasteiger partial charge in [0.05, 0.1) is 0 Å². The monoisotopic (exact) mass is 263 g/mol. The Morgan fingerprint density at radius 2 is 1.95 bits per heavy atom. The Kier molecular flexibility index (Phi) is 6.43. The molecule has 0 heterocycles. The van der Waals surface area contributed by atoms with Crippen molar-refractivity contribution < 1.29 is 9.59 Å². The number of nitrogens with one attached hydrogen (secondary N) is 1. The molecule has 0 aliphatic carbocycles. The molecule has 1 rings (SSSR count). The highest BCUT2D eigenvalue weighted by atomic mass is 16.2. The Morgan fingerprint density at radius 1 is 1.26 bits per heavy atom. The fourth-order valence-electron chi connectivity index (χ4n) is 1.67. The number of rotatable bonds is 7. The maximum atomic E-state index is 12.0. The lowest BCUT2D eigenvalue weighted by Gasteiger charge is -2.21. The van der Waals surface area contributed by atoms with Gasteiger partial charge in [-0.2, -0.15) is 0 Å². The van der Waals surface area contributed by atoms with E-state index in [1.165, 1.54) is 4.90 Å². The zero-order chi connectivity index (χ0) is 14.1. The summed E-state index contributed by atoms with van der Waals surface area (Å²) in [5.41, 5.74) is 6.17. The van der Waals surface area contributed by atoms with E-state index in [1.807, 2.05) is 37.3 Å². The molecular weight excluding hydrogens is 242 g/mol. The summed E-state index contributed by atoms with van der Waals surface area (Å²) in [6.07, 6.45) is 1.81. The average molecular weight is 263 g/mol. The van der Waals surface area contributed by atoms with Gasteiger partial charge in [-0.25, -0.2) is 4.79 Å². The molecule has 0 aliphatic rings. The molecule has 0 aromatic heterocycles. The van der Waals surface area contributed by atoms with E-state index in [0.717, 1.165) is 18.4 Å². The van der Waals surface area contributed by atoms with Crippen molar-refractivity contribution in [1.29, 1.82) is 0 Å². The predicted molar refractivity (Wildman–Crippen MR) is 74.4 cm³/mol. The minimum absolute atomic E-state index is 0.0410. The quantitative estimate of drug-likeness (QED) is 0.782. The van der Waals surface area contributed by atoms with E-state index >= 15 is 0 Å². The molecule has 3 amide bonds. The van der Waals surface area contributed by atoms with Gasteiger partial charge < -0.3 is 16.0 Å². The third kappa shape index (κ3) is 5.90. The number of primary amides is 1. The summed E-state index contributed by atoms with van der Waals surface area (Å²) in [6.45, 7) is 2.98. The molecule has 5 nitrogen and oxygen atoms in total. The number of hydrogen-bond acceptors (Lipinski definition) is 2. The summed E-state index contributed by atoms with van der Waals surface area (Å²) in [4.78, 5) is 24.4. The molecule has 104 valence electrons. The number of urea groups is 1. The van der Waals surface area contributed by atoms with Crippen LogP contribution in [0.25, 0.3) is 0 Å². The molecule has 1 aromatic rings. The topological polar surface area (TPSA) is 75.4 Å². The second-order valence-corrected chi connectivity index (χ2v) is 4.39. The summed E-state index contributed by atoms with van der Waals surface area (Å²) < 4.78 is 0. The fraction of sp³-hybridized carbons (Fsp3) is 0.429. The van der Waals surface area contributed by atoms with E-state index in [9.17, 15) is 9.59 Å². The molecule has 0 bridgehead atoms. The highest BCUT2D eigenvalue weighted by molar-refractivity contribution is 5.82. The number of carbonyl (C=O) groups is 2. The smallest absolute Gasteiger partial charge is 0.318 e. The molecule has 0 radical (unpaired) electrons. The maximum absolute atomic E-state index is 12.0. The van der Waals surface area contributed by atoms with E-state index in [1.54, 1.807) is 0 Å². The van der Waals surface area contributed by atoms with Crippen LogP contribution in [0.5, 0.6) is 0 Å². The first-order valence-electron chi connectivity index (χ1n) is 6.48. The van der Waals surface area contributed by atoms with Crippen LogP contribution in [0.2, 0.25) is 0 Å². The first-order valence-corrected chi connectivity index (χ1v) is 6.48. The number of carbonyl (C=O) groups excluding carboxylic acids is 2. The summed E-state index contributed by atoms with van der Waals surface area (Å²) in [6, 6.07) is 9.37. The molecule has 0 fully saturated rings. The molecule has 0 spiro atoms. The van der Waals surface area contributed by atoms with Crippen molar-refractivity contribution in [2.45, 2.75) is 26.3 Å². The van der Waals surface area contributed by atoms with Gasteiger partial charge in [-0.05, 0) is 12.0 Å². The van der Waals surface area contributed by atoms with Crippen molar-refractivity contribution in [3.63, 3.8) is 0 Å². The first-order chi connectivity index (χ1) is 9.13. The lowest BCUT2D eigenvalue weighted by molar-refractivity contribution is -0.118. The van der Waals surface area contributed by atoms with E-state index < -0.39 is 5.91 Å². The second kappa shape index (κ2) is 8.13. The van der Waals surface area contributed by atoms with Crippen LogP contribution in [0.3, 0.4) is 0 Å². The number of unbranched alkanes of at least 4 members (excludes halogenated alkanes) is 1. The SMILES string of the molecule is CCCCN(CC(N)=O)C(=O)NCc1ccccc1. The number of hydrogen-bond donors (Lipinski definition) is 2. The fourth-order valence-corrected chi connectivity index (χ4v) is 1.67. The van der Waals surface area contributed by atoms with Gasteiger partial charge in [0, 0.05) is 13.1 Å². The van der Waals surface area contributed by atoms with Gasteiger partial charge in [0.1, 0.15) is 6.54 Å². The number of nitrogens with two attached hydrogens (primary N) is 1. The van der Waals surface area contributed by atoms with Gasteiger partial charge in [0.2, 0.25) is 5.91 Å². The first kappa shape index (κ1) is 15.0. The van der Waals surface area contributed by atoms with Crippen molar-refractivity contribution >= 4 is 11.9 Å². The minimum atomic E-state index is -0.494. The Bertz CT molecular complexity index is 406. The molecule has 0 unspecified atom stereocenters. The van der Waals surface area contributed by atoms with E-state index in [2.05, 4.69) is 5.32 Å². The summed E-state index contributed by atoms with van der Waals surface area (Å²) in [5.74, 6) is -0.494. The average Bonchev–Trinajstić information content (AvgIpc) is 2.41.